The molecule has 2 aromatic rings. The first kappa shape index (κ1) is 17.1. The Labute approximate surface area is 142 Å². The Bertz CT molecular complexity index is 775. The third kappa shape index (κ3) is 4.40. The molecule has 1 N–H and O–H groups in total. The van der Waals surface area contributed by atoms with Gasteiger partial charge in [-0.2, -0.15) is 5.10 Å². The van der Waals surface area contributed by atoms with E-state index in [1.165, 1.54) is 11.8 Å². The zero-order chi connectivity index (χ0) is 17.2. The second-order valence-corrected chi connectivity index (χ2v) is 8.18. The molecule has 1 aliphatic rings. The van der Waals surface area contributed by atoms with Crippen LogP contribution in [0.4, 0.5) is 0 Å². The quantitative estimate of drug-likeness (QED) is 0.824. The molecular formula is C16H23N5O2S. The van der Waals surface area contributed by atoms with Crippen molar-refractivity contribution >= 4 is 10.0 Å². The molecule has 0 unspecified atom stereocenters. The maximum Gasteiger partial charge on any atom is 0.209 e. The molecule has 0 aliphatic carbocycles. The molecule has 0 spiro atoms. The van der Waals surface area contributed by atoms with E-state index in [1.54, 1.807) is 17.1 Å². The monoisotopic (exact) mass is 349 g/mol. The number of aryl methyl sites for hydroxylation is 1. The third-order valence-electron chi connectivity index (χ3n) is 4.36. The van der Waals surface area contributed by atoms with Crippen molar-refractivity contribution in [2.45, 2.75) is 31.5 Å². The van der Waals surface area contributed by atoms with Gasteiger partial charge in [0.05, 0.1) is 12.5 Å². The number of aromatic nitrogens is 3. The maximum absolute atomic E-state index is 11.7. The van der Waals surface area contributed by atoms with Crippen LogP contribution in [0.3, 0.4) is 0 Å². The summed E-state index contributed by atoms with van der Waals surface area (Å²) in [5.74, 6) is 0. The molecular weight excluding hydrogens is 326 g/mol. The minimum absolute atomic E-state index is 0.0814. The second kappa shape index (κ2) is 7.00. The largest absolute Gasteiger partial charge is 0.294 e. The molecule has 2 aromatic heterocycles. The summed E-state index contributed by atoms with van der Waals surface area (Å²) in [7, 11) is -1.34. The summed E-state index contributed by atoms with van der Waals surface area (Å²) in [6.45, 7) is 1.65. The Hall–Kier alpha value is -1.77. The van der Waals surface area contributed by atoms with Crippen LogP contribution in [0.5, 0.6) is 0 Å². The fourth-order valence-corrected chi connectivity index (χ4v) is 4.16. The second-order valence-electron chi connectivity index (χ2n) is 6.40. The van der Waals surface area contributed by atoms with Gasteiger partial charge in [-0.05, 0) is 36.1 Å². The van der Waals surface area contributed by atoms with E-state index in [1.807, 2.05) is 31.6 Å². The Morgan fingerprint density at radius 3 is 2.67 bits per heavy atom. The number of nitrogens with one attached hydrogen (secondary N) is 1. The summed E-state index contributed by atoms with van der Waals surface area (Å²) in [5, 5.41) is 4.22. The highest BCUT2D eigenvalue weighted by Crippen LogP contribution is 2.24. The first-order chi connectivity index (χ1) is 11.4. The maximum atomic E-state index is 11.7. The van der Waals surface area contributed by atoms with E-state index in [4.69, 9.17) is 0 Å². The predicted octanol–water partition coefficient (Wildman–Crippen LogP) is 0.550. The first-order valence-corrected chi connectivity index (χ1v) is 9.87. The van der Waals surface area contributed by atoms with Crippen molar-refractivity contribution < 1.29 is 8.42 Å². The van der Waals surface area contributed by atoms with Crippen LogP contribution >= 0.6 is 0 Å². The fraction of sp³-hybridized carbons (Fsp3) is 0.500. The lowest BCUT2D eigenvalue weighted by atomic mass is 10.0. The Morgan fingerprint density at radius 2 is 2.04 bits per heavy atom. The molecule has 0 saturated carbocycles. The van der Waals surface area contributed by atoms with Crippen LogP contribution in [-0.4, -0.2) is 53.0 Å². The highest BCUT2D eigenvalue weighted by molar-refractivity contribution is 7.88. The van der Waals surface area contributed by atoms with Crippen molar-refractivity contribution in [3.63, 3.8) is 0 Å². The molecule has 8 heteroatoms. The van der Waals surface area contributed by atoms with Crippen LogP contribution in [0.25, 0.3) is 0 Å². The summed E-state index contributed by atoms with van der Waals surface area (Å²) >= 11 is 0. The highest BCUT2D eigenvalue weighted by atomic mass is 32.2. The number of pyridine rings is 1. The van der Waals surface area contributed by atoms with Crippen molar-refractivity contribution in [3.05, 3.63) is 48.0 Å². The van der Waals surface area contributed by atoms with Gasteiger partial charge in [0.2, 0.25) is 10.0 Å². The van der Waals surface area contributed by atoms with Crippen molar-refractivity contribution in [1.29, 1.82) is 0 Å². The van der Waals surface area contributed by atoms with E-state index in [9.17, 15) is 8.42 Å². The smallest absolute Gasteiger partial charge is 0.209 e. The number of rotatable bonds is 6. The SMILES string of the molecule is Cn1cc(C[C@H]2[C@H](NS(C)(=O)=O)CCN2Cc2ccncc2)cn1. The van der Waals surface area contributed by atoms with E-state index in [2.05, 4.69) is 19.7 Å². The number of hydrogen-bond acceptors (Lipinski definition) is 5. The summed E-state index contributed by atoms with van der Waals surface area (Å²) in [4.78, 5) is 6.39. The average Bonchev–Trinajstić information content (AvgIpc) is 3.07. The number of hydrogen-bond donors (Lipinski definition) is 1. The number of sulfonamides is 1. The van der Waals surface area contributed by atoms with E-state index >= 15 is 0 Å². The van der Waals surface area contributed by atoms with Crippen molar-refractivity contribution in [2.75, 3.05) is 12.8 Å². The van der Waals surface area contributed by atoms with Gasteiger partial charge < -0.3 is 0 Å². The molecule has 3 rings (SSSR count). The molecule has 0 bridgehead atoms. The zero-order valence-corrected chi connectivity index (χ0v) is 14.8. The highest BCUT2D eigenvalue weighted by Gasteiger charge is 2.35. The van der Waals surface area contributed by atoms with Crippen LogP contribution in [0.1, 0.15) is 17.5 Å². The van der Waals surface area contributed by atoms with Crippen LogP contribution in [0.2, 0.25) is 0 Å². The normalized spacial score (nSPS) is 22.1. The third-order valence-corrected chi connectivity index (χ3v) is 5.10. The summed E-state index contributed by atoms with van der Waals surface area (Å²) in [6, 6.07) is 4.02. The van der Waals surface area contributed by atoms with Gasteiger partial charge in [-0.1, -0.05) is 0 Å². The Balaban J connectivity index is 1.78. The zero-order valence-electron chi connectivity index (χ0n) is 14.0. The van der Waals surface area contributed by atoms with Crippen molar-refractivity contribution in [1.82, 2.24) is 24.4 Å². The Kier molecular flexibility index (Phi) is 4.98. The van der Waals surface area contributed by atoms with Gasteiger partial charge in [0.1, 0.15) is 0 Å². The molecule has 0 aromatic carbocycles. The molecule has 0 radical (unpaired) electrons. The summed E-state index contributed by atoms with van der Waals surface area (Å²) < 4.78 is 28.0. The molecule has 1 saturated heterocycles. The summed E-state index contributed by atoms with van der Waals surface area (Å²) in [6.07, 6.45) is 10.2. The predicted molar refractivity (Wildman–Crippen MR) is 91.7 cm³/mol. The minimum atomic E-state index is -3.23. The topological polar surface area (TPSA) is 80.1 Å². The van der Waals surface area contributed by atoms with Gasteiger partial charge in [0.25, 0.3) is 0 Å². The van der Waals surface area contributed by atoms with E-state index in [-0.39, 0.29) is 12.1 Å². The van der Waals surface area contributed by atoms with Crippen LogP contribution < -0.4 is 4.72 Å². The minimum Gasteiger partial charge on any atom is -0.294 e. The van der Waals surface area contributed by atoms with E-state index < -0.39 is 10.0 Å². The van der Waals surface area contributed by atoms with E-state index in [0.29, 0.717) is 0 Å². The van der Waals surface area contributed by atoms with Gasteiger partial charge in [-0.15, -0.1) is 0 Å². The summed E-state index contributed by atoms with van der Waals surface area (Å²) in [5.41, 5.74) is 2.30. The first-order valence-electron chi connectivity index (χ1n) is 7.98. The molecule has 7 nitrogen and oxygen atoms in total. The molecule has 24 heavy (non-hydrogen) atoms. The van der Waals surface area contributed by atoms with Crippen LogP contribution in [0.15, 0.2) is 36.9 Å². The van der Waals surface area contributed by atoms with Crippen LogP contribution in [-0.2, 0) is 30.0 Å². The molecule has 2 atom stereocenters. The van der Waals surface area contributed by atoms with Gasteiger partial charge in [0, 0.05) is 50.8 Å². The van der Waals surface area contributed by atoms with Crippen molar-refractivity contribution in [3.8, 4) is 0 Å². The fourth-order valence-electron chi connectivity index (χ4n) is 3.34. The lowest BCUT2D eigenvalue weighted by molar-refractivity contribution is 0.231. The van der Waals surface area contributed by atoms with Crippen LogP contribution in [0, 0.1) is 0 Å². The standard InChI is InChI=1S/C16H23N5O2S/c1-20-11-14(10-18-20)9-16-15(19-24(2,22)23)5-8-21(16)12-13-3-6-17-7-4-13/h3-4,6-7,10-11,15-16,19H,5,8-9,12H2,1-2H3/t15-,16+/m1/s1. The van der Waals surface area contributed by atoms with Crippen molar-refractivity contribution in [2.24, 2.45) is 7.05 Å². The molecule has 130 valence electrons. The Morgan fingerprint density at radius 1 is 1.29 bits per heavy atom. The average molecular weight is 349 g/mol. The lowest BCUT2D eigenvalue weighted by Gasteiger charge is -2.28. The molecule has 1 aliphatic heterocycles. The van der Waals surface area contributed by atoms with Gasteiger partial charge in [-0.25, -0.2) is 13.1 Å². The van der Waals surface area contributed by atoms with Gasteiger partial charge in [-0.3, -0.25) is 14.6 Å². The lowest BCUT2D eigenvalue weighted by Crippen LogP contribution is -2.45. The molecule has 0 amide bonds. The van der Waals surface area contributed by atoms with E-state index in [0.717, 1.165) is 31.5 Å². The molecule has 1 fully saturated rings. The van der Waals surface area contributed by atoms with Gasteiger partial charge in [0.15, 0.2) is 0 Å². The number of nitrogens with zero attached hydrogens (tertiary/aromatic N) is 4. The number of likely N-dealkylation sites (tertiary alicyclic amines) is 1. The van der Waals surface area contributed by atoms with Gasteiger partial charge >= 0.3 is 0 Å². The molecule has 3 heterocycles.